The number of tetrazole rings is 1. The van der Waals surface area contributed by atoms with E-state index in [0.29, 0.717) is 6.54 Å². The molecule has 0 atom stereocenters. The summed E-state index contributed by atoms with van der Waals surface area (Å²) in [6, 6.07) is 10.5. The third-order valence-corrected chi connectivity index (χ3v) is 4.82. The third-order valence-electron chi connectivity index (χ3n) is 4.82. The van der Waals surface area contributed by atoms with Crippen LogP contribution in [0.25, 0.3) is 0 Å². The Balaban J connectivity index is 1.63. The van der Waals surface area contributed by atoms with Gasteiger partial charge in [-0.15, -0.1) is 5.10 Å². The first-order valence-corrected chi connectivity index (χ1v) is 8.50. The Hall–Kier alpha value is -2.24. The molecule has 1 aliphatic carbocycles. The zero-order chi connectivity index (χ0) is 17.2. The first-order chi connectivity index (χ1) is 11.4. The normalized spacial score (nSPS) is 16.5. The van der Waals surface area contributed by atoms with E-state index in [1.165, 1.54) is 12.0 Å². The van der Waals surface area contributed by atoms with Gasteiger partial charge in [0.25, 0.3) is 0 Å². The SMILES string of the molecule is CC(C)(C)c1nnnn1CC(=O)NCC1(c2ccccc2)CCC1. The molecular formula is C18H25N5O. The molecule has 128 valence electrons. The Labute approximate surface area is 142 Å². The summed E-state index contributed by atoms with van der Waals surface area (Å²) in [6.07, 6.45) is 3.46. The van der Waals surface area contributed by atoms with Crippen LogP contribution >= 0.6 is 0 Å². The fourth-order valence-corrected chi connectivity index (χ4v) is 3.27. The zero-order valence-corrected chi connectivity index (χ0v) is 14.6. The molecule has 1 N–H and O–H groups in total. The van der Waals surface area contributed by atoms with Gasteiger partial charge >= 0.3 is 0 Å². The highest BCUT2D eigenvalue weighted by Gasteiger charge is 2.38. The molecule has 0 radical (unpaired) electrons. The van der Waals surface area contributed by atoms with Crippen LogP contribution < -0.4 is 5.32 Å². The van der Waals surface area contributed by atoms with Crippen molar-refractivity contribution in [1.29, 1.82) is 0 Å². The first-order valence-electron chi connectivity index (χ1n) is 8.50. The summed E-state index contributed by atoms with van der Waals surface area (Å²) < 4.78 is 1.59. The summed E-state index contributed by atoms with van der Waals surface area (Å²) in [7, 11) is 0. The predicted molar refractivity (Wildman–Crippen MR) is 91.5 cm³/mol. The molecule has 0 bridgehead atoms. The molecule has 1 aliphatic rings. The van der Waals surface area contributed by atoms with Gasteiger partial charge in [0, 0.05) is 17.4 Å². The minimum atomic E-state index is -0.191. The third kappa shape index (κ3) is 3.32. The number of nitrogens with zero attached hydrogens (tertiary/aromatic N) is 4. The van der Waals surface area contributed by atoms with Crippen molar-refractivity contribution in [2.24, 2.45) is 0 Å². The second kappa shape index (κ2) is 6.34. The molecule has 6 heteroatoms. The van der Waals surface area contributed by atoms with Gasteiger partial charge in [0.05, 0.1) is 0 Å². The molecule has 1 aromatic heterocycles. The van der Waals surface area contributed by atoms with E-state index < -0.39 is 0 Å². The highest BCUT2D eigenvalue weighted by Crippen LogP contribution is 2.43. The van der Waals surface area contributed by atoms with Crippen LogP contribution in [0.15, 0.2) is 30.3 Å². The zero-order valence-electron chi connectivity index (χ0n) is 14.6. The van der Waals surface area contributed by atoms with Crippen molar-refractivity contribution in [2.75, 3.05) is 6.54 Å². The number of nitrogens with one attached hydrogen (secondary N) is 1. The summed E-state index contributed by atoms with van der Waals surface area (Å²) >= 11 is 0. The smallest absolute Gasteiger partial charge is 0.241 e. The van der Waals surface area contributed by atoms with Crippen molar-refractivity contribution in [3.05, 3.63) is 41.7 Å². The molecular weight excluding hydrogens is 302 g/mol. The Morgan fingerprint density at radius 3 is 2.54 bits per heavy atom. The van der Waals surface area contributed by atoms with E-state index in [9.17, 15) is 4.79 Å². The second-order valence-corrected chi connectivity index (χ2v) is 7.69. The summed E-state index contributed by atoms with van der Waals surface area (Å²) in [6.45, 7) is 6.93. The van der Waals surface area contributed by atoms with E-state index in [2.05, 4.69) is 45.1 Å². The maximum atomic E-state index is 12.4. The van der Waals surface area contributed by atoms with Crippen LogP contribution in [0.2, 0.25) is 0 Å². The number of carbonyl (C=O) groups excluding carboxylic acids is 1. The summed E-state index contributed by atoms with van der Waals surface area (Å²) in [5.41, 5.74) is 1.21. The van der Waals surface area contributed by atoms with Gasteiger partial charge in [0.15, 0.2) is 5.82 Å². The fourth-order valence-electron chi connectivity index (χ4n) is 3.27. The first kappa shape index (κ1) is 16.6. The lowest BCUT2D eigenvalue weighted by atomic mass is 9.64. The van der Waals surface area contributed by atoms with Gasteiger partial charge in [-0.05, 0) is 28.8 Å². The van der Waals surface area contributed by atoms with Crippen LogP contribution in [-0.4, -0.2) is 32.7 Å². The monoisotopic (exact) mass is 327 g/mol. The number of aromatic nitrogens is 4. The molecule has 0 unspecified atom stereocenters. The van der Waals surface area contributed by atoms with Crippen LogP contribution in [0.4, 0.5) is 0 Å². The molecule has 1 amide bonds. The molecule has 0 saturated heterocycles. The average molecular weight is 327 g/mol. The lowest BCUT2D eigenvalue weighted by Gasteiger charge is -2.42. The molecule has 0 aliphatic heterocycles. The average Bonchev–Trinajstić information content (AvgIpc) is 2.95. The number of benzene rings is 1. The fraction of sp³-hybridized carbons (Fsp3) is 0.556. The van der Waals surface area contributed by atoms with E-state index in [1.54, 1.807) is 4.68 Å². The predicted octanol–water partition coefficient (Wildman–Crippen LogP) is 2.21. The van der Waals surface area contributed by atoms with Crippen LogP contribution in [0.5, 0.6) is 0 Å². The Morgan fingerprint density at radius 2 is 1.96 bits per heavy atom. The molecule has 1 aromatic carbocycles. The minimum absolute atomic E-state index is 0.0463. The molecule has 3 rings (SSSR count). The molecule has 1 saturated carbocycles. The molecule has 6 nitrogen and oxygen atoms in total. The van der Waals surface area contributed by atoms with Crippen LogP contribution in [-0.2, 0) is 22.2 Å². The summed E-state index contributed by atoms with van der Waals surface area (Å²) in [4.78, 5) is 12.4. The number of carbonyl (C=O) groups is 1. The summed E-state index contributed by atoms with van der Waals surface area (Å²) in [5.74, 6) is 0.675. The van der Waals surface area contributed by atoms with Crippen molar-refractivity contribution in [1.82, 2.24) is 25.5 Å². The molecule has 1 fully saturated rings. The van der Waals surface area contributed by atoms with Crippen molar-refractivity contribution in [3.63, 3.8) is 0 Å². The van der Waals surface area contributed by atoms with Gasteiger partial charge in [0.1, 0.15) is 6.54 Å². The quantitative estimate of drug-likeness (QED) is 0.914. The van der Waals surface area contributed by atoms with Crippen LogP contribution in [0.1, 0.15) is 51.4 Å². The van der Waals surface area contributed by atoms with Gasteiger partial charge in [-0.1, -0.05) is 57.5 Å². The Bertz CT molecular complexity index is 698. The van der Waals surface area contributed by atoms with E-state index in [1.807, 2.05) is 26.8 Å². The standard InChI is InChI=1S/C18H25N5O/c1-17(2,3)16-20-21-22-23(16)12-15(24)19-13-18(10-7-11-18)14-8-5-4-6-9-14/h4-6,8-9H,7,10-13H2,1-3H3,(H,19,24). The lowest BCUT2D eigenvalue weighted by Crippen LogP contribution is -2.46. The van der Waals surface area contributed by atoms with Crippen LogP contribution in [0.3, 0.4) is 0 Å². The van der Waals surface area contributed by atoms with E-state index in [-0.39, 0.29) is 23.3 Å². The maximum Gasteiger partial charge on any atom is 0.241 e. The number of amides is 1. The molecule has 0 spiro atoms. The maximum absolute atomic E-state index is 12.4. The number of rotatable bonds is 5. The van der Waals surface area contributed by atoms with Crippen molar-refractivity contribution in [2.45, 2.75) is 57.4 Å². The van der Waals surface area contributed by atoms with Gasteiger partial charge in [-0.2, -0.15) is 0 Å². The van der Waals surface area contributed by atoms with E-state index in [4.69, 9.17) is 0 Å². The van der Waals surface area contributed by atoms with Gasteiger partial charge in [-0.3, -0.25) is 4.79 Å². The largest absolute Gasteiger partial charge is 0.354 e. The topological polar surface area (TPSA) is 72.7 Å². The molecule has 2 aromatic rings. The highest BCUT2D eigenvalue weighted by molar-refractivity contribution is 5.75. The van der Waals surface area contributed by atoms with E-state index in [0.717, 1.165) is 18.7 Å². The van der Waals surface area contributed by atoms with Crippen molar-refractivity contribution < 1.29 is 4.79 Å². The van der Waals surface area contributed by atoms with E-state index >= 15 is 0 Å². The van der Waals surface area contributed by atoms with Gasteiger partial charge < -0.3 is 5.32 Å². The number of hydrogen-bond donors (Lipinski definition) is 1. The molecule has 24 heavy (non-hydrogen) atoms. The lowest BCUT2D eigenvalue weighted by molar-refractivity contribution is -0.122. The van der Waals surface area contributed by atoms with Crippen molar-refractivity contribution >= 4 is 5.91 Å². The van der Waals surface area contributed by atoms with Crippen molar-refractivity contribution in [3.8, 4) is 0 Å². The second-order valence-electron chi connectivity index (χ2n) is 7.69. The van der Waals surface area contributed by atoms with Gasteiger partial charge in [0.2, 0.25) is 5.91 Å². The minimum Gasteiger partial charge on any atom is -0.354 e. The highest BCUT2D eigenvalue weighted by atomic mass is 16.2. The Morgan fingerprint density at radius 1 is 1.25 bits per heavy atom. The number of hydrogen-bond acceptors (Lipinski definition) is 4. The molecule has 1 heterocycles. The Kier molecular flexibility index (Phi) is 4.39. The van der Waals surface area contributed by atoms with Gasteiger partial charge in [-0.25, -0.2) is 4.68 Å². The van der Waals surface area contributed by atoms with Crippen LogP contribution in [0, 0.1) is 0 Å². The summed E-state index contributed by atoms with van der Waals surface area (Å²) in [5, 5.41) is 14.8.